The summed E-state index contributed by atoms with van der Waals surface area (Å²) in [6.07, 6.45) is 0.0583. The highest BCUT2D eigenvalue weighted by Gasteiger charge is 2.15. The van der Waals surface area contributed by atoms with Gasteiger partial charge >= 0.3 is 5.97 Å². The molecule has 0 saturated heterocycles. The summed E-state index contributed by atoms with van der Waals surface area (Å²) in [5, 5.41) is 0. The van der Waals surface area contributed by atoms with Crippen molar-refractivity contribution in [1.29, 1.82) is 0 Å². The van der Waals surface area contributed by atoms with Gasteiger partial charge in [-0.2, -0.15) is 0 Å². The van der Waals surface area contributed by atoms with Crippen LogP contribution in [0.2, 0.25) is 0 Å². The van der Waals surface area contributed by atoms with Crippen LogP contribution >= 0.6 is 0 Å². The van der Waals surface area contributed by atoms with E-state index in [1.165, 1.54) is 0 Å². The first-order valence-corrected chi connectivity index (χ1v) is 5.67. The molecule has 94 valence electrons. The number of carbonyl (C=O) groups is 1. The summed E-state index contributed by atoms with van der Waals surface area (Å²) in [7, 11) is 0. The summed E-state index contributed by atoms with van der Waals surface area (Å²) in [6.45, 7) is 4.21. The number of hydrogen-bond donors (Lipinski definition) is 1. The van der Waals surface area contributed by atoms with Crippen LogP contribution in [0.3, 0.4) is 0 Å². The summed E-state index contributed by atoms with van der Waals surface area (Å²) < 4.78 is 10.3. The zero-order valence-electron chi connectivity index (χ0n) is 10.3. The summed E-state index contributed by atoms with van der Waals surface area (Å²) in [5.41, 5.74) is 6.57. The van der Waals surface area contributed by atoms with E-state index in [0.717, 1.165) is 5.56 Å². The van der Waals surface area contributed by atoms with Crippen LogP contribution in [-0.2, 0) is 20.9 Å². The second-order valence-electron chi connectivity index (χ2n) is 4.08. The Hall–Kier alpha value is -1.39. The molecule has 0 aromatic heterocycles. The first kappa shape index (κ1) is 13.7. The number of hydrogen-bond acceptors (Lipinski definition) is 4. The van der Waals surface area contributed by atoms with Crippen LogP contribution in [0.5, 0.6) is 0 Å². The van der Waals surface area contributed by atoms with Crippen molar-refractivity contribution >= 4 is 5.97 Å². The van der Waals surface area contributed by atoms with Gasteiger partial charge in [0.25, 0.3) is 0 Å². The molecular formula is C13H19NO3. The Balaban J connectivity index is 2.29. The molecule has 0 aliphatic carbocycles. The lowest BCUT2D eigenvalue weighted by Crippen LogP contribution is -2.37. The number of esters is 1. The van der Waals surface area contributed by atoms with Gasteiger partial charge in [0.2, 0.25) is 0 Å². The largest absolute Gasteiger partial charge is 0.460 e. The molecule has 0 saturated carbocycles. The molecular weight excluding hydrogens is 218 g/mol. The molecule has 0 amide bonds. The van der Waals surface area contributed by atoms with Gasteiger partial charge in [-0.05, 0) is 19.4 Å². The SMILES string of the molecule is CC(C)OCC(N)C(=O)OCc1ccccc1. The molecule has 2 N–H and O–H groups in total. The van der Waals surface area contributed by atoms with Crippen molar-refractivity contribution in [2.75, 3.05) is 6.61 Å². The monoisotopic (exact) mass is 237 g/mol. The average Bonchev–Trinajstić information content (AvgIpc) is 2.34. The molecule has 1 unspecified atom stereocenters. The summed E-state index contributed by atoms with van der Waals surface area (Å²) in [5.74, 6) is -0.436. The second-order valence-corrected chi connectivity index (χ2v) is 4.08. The molecule has 4 heteroatoms. The minimum Gasteiger partial charge on any atom is -0.460 e. The van der Waals surface area contributed by atoms with E-state index in [1.807, 2.05) is 44.2 Å². The normalized spacial score (nSPS) is 12.5. The number of carbonyl (C=O) groups excluding carboxylic acids is 1. The molecule has 0 spiro atoms. The fourth-order valence-corrected chi connectivity index (χ4v) is 1.20. The van der Waals surface area contributed by atoms with Gasteiger partial charge in [0.05, 0.1) is 12.7 Å². The molecule has 17 heavy (non-hydrogen) atoms. The van der Waals surface area contributed by atoms with Gasteiger partial charge in [-0.3, -0.25) is 4.79 Å². The van der Waals surface area contributed by atoms with Crippen LogP contribution < -0.4 is 5.73 Å². The molecule has 0 aliphatic rings. The number of benzene rings is 1. The predicted molar refractivity (Wildman–Crippen MR) is 65.3 cm³/mol. The van der Waals surface area contributed by atoms with Crippen molar-refractivity contribution in [3.63, 3.8) is 0 Å². The number of rotatable bonds is 6. The van der Waals surface area contributed by atoms with Crippen molar-refractivity contribution < 1.29 is 14.3 Å². The highest BCUT2D eigenvalue weighted by Crippen LogP contribution is 2.02. The van der Waals surface area contributed by atoms with Crippen LogP contribution in [0.15, 0.2) is 30.3 Å². The number of ether oxygens (including phenoxy) is 2. The zero-order valence-corrected chi connectivity index (χ0v) is 10.3. The Kier molecular flexibility index (Phi) is 5.66. The fourth-order valence-electron chi connectivity index (χ4n) is 1.20. The Bertz CT molecular complexity index is 338. The molecule has 0 radical (unpaired) electrons. The number of nitrogens with two attached hydrogens (primary N) is 1. The summed E-state index contributed by atoms with van der Waals surface area (Å²) >= 11 is 0. The van der Waals surface area contributed by atoms with Gasteiger partial charge in [0.15, 0.2) is 0 Å². The van der Waals surface area contributed by atoms with Gasteiger partial charge in [-0.25, -0.2) is 0 Å². The quantitative estimate of drug-likeness (QED) is 0.761. The average molecular weight is 237 g/mol. The molecule has 1 aromatic carbocycles. The first-order valence-electron chi connectivity index (χ1n) is 5.67. The molecule has 4 nitrogen and oxygen atoms in total. The molecule has 1 atom stereocenters. The molecule has 0 aliphatic heterocycles. The lowest BCUT2D eigenvalue weighted by Gasteiger charge is -2.13. The Labute approximate surface area is 102 Å². The minimum absolute atomic E-state index is 0.0583. The lowest BCUT2D eigenvalue weighted by atomic mass is 10.2. The van der Waals surface area contributed by atoms with Crippen molar-refractivity contribution in [1.82, 2.24) is 0 Å². The summed E-state index contributed by atoms with van der Waals surface area (Å²) in [4.78, 5) is 11.5. The Morgan fingerprint density at radius 2 is 1.94 bits per heavy atom. The lowest BCUT2D eigenvalue weighted by molar-refractivity contribution is -0.148. The van der Waals surface area contributed by atoms with Crippen molar-refractivity contribution in [2.45, 2.75) is 32.6 Å². The van der Waals surface area contributed by atoms with Crippen molar-refractivity contribution in [2.24, 2.45) is 5.73 Å². The maximum absolute atomic E-state index is 11.5. The van der Waals surface area contributed by atoms with E-state index in [2.05, 4.69) is 0 Å². The van der Waals surface area contributed by atoms with Crippen LogP contribution in [-0.4, -0.2) is 24.7 Å². The standard InChI is InChI=1S/C13H19NO3/c1-10(2)16-9-12(14)13(15)17-8-11-6-4-3-5-7-11/h3-7,10,12H,8-9,14H2,1-2H3. The van der Waals surface area contributed by atoms with Crippen molar-refractivity contribution in [3.05, 3.63) is 35.9 Å². The van der Waals surface area contributed by atoms with E-state index in [1.54, 1.807) is 0 Å². The Morgan fingerprint density at radius 3 is 2.53 bits per heavy atom. The smallest absolute Gasteiger partial charge is 0.325 e. The maximum atomic E-state index is 11.5. The zero-order chi connectivity index (χ0) is 12.7. The van der Waals surface area contributed by atoms with Crippen LogP contribution in [0.25, 0.3) is 0 Å². The van der Waals surface area contributed by atoms with E-state index in [9.17, 15) is 4.79 Å². The van der Waals surface area contributed by atoms with Gasteiger partial charge in [0, 0.05) is 0 Å². The third-order valence-electron chi connectivity index (χ3n) is 2.14. The molecule has 0 heterocycles. The minimum atomic E-state index is -0.721. The van der Waals surface area contributed by atoms with E-state index in [4.69, 9.17) is 15.2 Å². The predicted octanol–water partition coefficient (Wildman–Crippen LogP) is 1.48. The highest BCUT2D eigenvalue weighted by molar-refractivity contribution is 5.75. The third-order valence-corrected chi connectivity index (χ3v) is 2.14. The van der Waals surface area contributed by atoms with Gasteiger partial charge in [-0.15, -0.1) is 0 Å². The maximum Gasteiger partial charge on any atom is 0.325 e. The molecule has 1 aromatic rings. The van der Waals surface area contributed by atoms with E-state index < -0.39 is 12.0 Å². The van der Waals surface area contributed by atoms with Gasteiger partial charge < -0.3 is 15.2 Å². The van der Waals surface area contributed by atoms with Gasteiger partial charge in [0.1, 0.15) is 12.6 Å². The molecule has 0 bridgehead atoms. The first-order chi connectivity index (χ1) is 8.09. The van der Waals surface area contributed by atoms with E-state index in [0.29, 0.717) is 0 Å². The van der Waals surface area contributed by atoms with Gasteiger partial charge in [-0.1, -0.05) is 30.3 Å². The molecule has 1 rings (SSSR count). The van der Waals surface area contributed by atoms with Crippen LogP contribution in [0.4, 0.5) is 0 Å². The van der Waals surface area contributed by atoms with Crippen LogP contribution in [0.1, 0.15) is 19.4 Å². The fraction of sp³-hybridized carbons (Fsp3) is 0.462. The van der Waals surface area contributed by atoms with Crippen LogP contribution in [0, 0.1) is 0 Å². The summed E-state index contributed by atoms with van der Waals surface area (Å²) in [6, 6.07) is 8.76. The van der Waals surface area contributed by atoms with E-state index >= 15 is 0 Å². The third kappa shape index (κ3) is 5.47. The Morgan fingerprint density at radius 1 is 1.29 bits per heavy atom. The molecule has 0 fully saturated rings. The highest BCUT2D eigenvalue weighted by atomic mass is 16.5. The van der Waals surface area contributed by atoms with E-state index in [-0.39, 0.29) is 19.3 Å². The second kappa shape index (κ2) is 7.04. The topological polar surface area (TPSA) is 61.5 Å². The van der Waals surface area contributed by atoms with Crippen molar-refractivity contribution in [3.8, 4) is 0 Å².